The minimum absolute atomic E-state index is 0.589. The summed E-state index contributed by atoms with van der Waals surface area (Å²) in [5, 5.41) is 0. The molecule has 0 unspecified atom stereocenters. The van der Waals surface area contributed by atoms with Crippen molar-refractivity contribution in [2.75, 3.05) is 0 Å². The van der Waals surface area contributed by atoms with Gasteiger partial charge in [0.25, 0.3) is 0 Å². The standard InChI is InChI=1S/C15H24/c1-9-5-6-11-10(2)12-7-8-15(3,4)14(12)13(9)11/h10-14H,1,5-8H2,2-4H3/t10-,11+,12+,13+,14+/m0/s1. The molecule has 15 heavy (non-hydrogen) atoms. The Hall–Kier alpha value is -0.260. The van der Waals surface area contributed by atoms with Crippen LogP contribution >= 0.6 is 0 Å². The fourth-order valence-electron chi connectivity index (χ4n) is 5.24. The normalized spacial score (nSPS) is 51.9. The van der Waals surface area contributed by atoms with Crippen LogP contribution in [-0.4, -0.2) is 0 Å². The number of hydrogen-bond acceptors (Lipinski definition) is 0. The van der Waals surface area contributed by atoms with Gasteiger partial charge in [-0.3, -0.25) is 0 Å². The lowest BCUT2D eigenvalue weighted by atomic mass is 9.73. The van der Waals surface area contributed by atoms with Gasteiger partial charge in [-0.05, 0) is 60.7 Å². The summed E-state index contributed by atoms with van der Waals surface area (Å²) in [6.45, 7) is 11.9. The zero-order chi connectivity index (χ0) is 10.8. The quantitative estimate of drug-likeness (QED) is 0.517. The van der Waals surface area contributed by atoms with Crippen molar-refractivity contribution in [3.8, 4) is 0 Å². The van der Waals surface area contributed by atoms with E-state index >= 15 is 0 Å². The van der Waals surface area contributed by atoms with Gasteiger partial charge in [-0.2, -0.15) is 0 Å². The van der Waals surface area contributed by atoms with Gasteiger partial charge in [-0.1, -0.05) is 32.9 Å². The van der Waals surface area contributed by atoms with E-state index in [1.165, 1.54) is 25.7 Å². The molecule has 0 spiro atoms. The van der Waals surface area contributed by atoms with Crippen LogP contribution in [0.4, 0.5) is 0 Å². The van der Waals surface area contributed by atoms with Crippen LogP contribution in [0.3, 0.4) is 0 Å². The first-order valence-electron chi connectivity index (χ1n) is 6.70. The number of hydrogen-bond donors (Lipinski definition) is 0. The van der Waals surface area contributed by atoms with Crippen LogP contribution in [0.25, 0.3) is 0 Å². The molecule has 0 aliphatic heterocycles. The van der Waals surface area contributed by atoms with E-state index in [2.05, 4.69) is 27.4 Å². The Kier molecular flexibility index (Phi) is 1.92. The molecule has 84 valence electrons. The number of fused-ring (bicyclic) bond motifs is 3. The zero-order valence-corrected chi connectivity index (χ0v) is 10.4. The minimum atomic E-state index is 0.589. The van der Waals surface area contributed by atoms with E-state index in [0.717, 1.165) is 29.6 Å². The summed E-state index contributed by atoms with van der Waals surface area (Å²) in [5.41, 5.74) is 2.18. The van der Waals surface area contributed by atoms with E-state index < -0.39 is 0 Å². The van der Waals surface area contributed by atoms with E-state index in [1.807, 2.05) is 0 Å². The lowest BCUT2D eigenvalue weighted by Crippen LogP contribution is -2.26. The van der Waals surface area contributed by atoms with Crippen LogP contribution in [0, 0.1) is 35.0 Å². The Balaban J connectivity index is 2.00. The molecule has 0 amide bonds. The maximum absolute atomic E-state index is 4.36. The fraction of sp³-hybridized carbons (Fsp3) is 0.867. The molecule has 0 radical (unpaired) electrons. The first-order chi connectivity index (χ1) is 7.02. The first-order valence-corrected chi connectivity index (χ1v) is 6.70. The number of rotatable bonds is 0. The molecular weight excluding hydrogens is 180 g/mol. The molecule has 0 N–H and O–H groups in total. The highest BCUT2D eigenvalue weighted by Crippen LogP contribution is 2.66. The van der Waals surface area contributed by atoms with E-state index in [-0.39, 0.29) is 0 Å². The van der Waals surface area contributed by atoms with Gasteiger partial charge in [0, 0.05) is 0 Å². The van der Waals surface area contributed by atoms with Crippen LogP contribution in [0.5, 0.6) is 0 Å². The summed E-state index contributed by atoms with van der Waals surface area (Å²) in [6.07, 6.45) is 5.69. The second-order valence-electron chi connectivity index (χ2n) is 6.96. The molecule has 0 aromatic rings. The molecule has 0 aromatic carbocycles. The average molecular weight is 204 g/mol. The Morgan fingerprint density at radius 3 is 2.67 bits per heavy atom. The van der Waals surface area contributed by atoms with Gasteiger partial charge in [-0.25, -0.2) is 0 Å². The summed E-state index contributed by atoms with van der Waals surface area (Å²) < 4.78 is 0. The largest absolute Gasteiger partial charge is 0.0996 e. The van der Waals surface area contributed by atoms with Crippen LogP contribution in [0.15, 0.2) is 12.2 Å². The molecule has 0 aromatic heterocycles. The van der Waals surface area contributed by atoms with E-state index in [1.54, 1.807) is 5.57 Å². The predicted molar refractivity (Wildman–Crippen MR) is 64.5 cm³/mol. The maximum Gasteiger partial charge on any atom is -0.0139 e. The highest BCUT2D eigenvalue weighted by molar-refractivity contribution is 5.20. The van der Waals surface area contributed by atoms with Crippen molar-refractivity contribution < 1.29 is 0 Å². The molecule has 0 bridgehead atoms. The lowest BCUT2D eigenvalue weighted by Gasteiger charge is -2.32. The molecule has 3 aliphatic rings. The number of allylic oxidation sites excluding steroid dienone is 1. The molecule has 3 rings (SSSR count). The summed E-state index contributed by atoms with van der Waals surface area (Å²) >= 11 is 0. The highest BCUT2D eigenvalue weighted by atomic mass is 14.6. The topological polar surface area (TPSA) is 0 Å². The monoisotopic (exact) mass is 204 g/mol. The summed E-state index contributed by atoms with van der Waals surface area (Å²) in [6, 6.07) is 0. The second kappa shape index (κ2) is 2.90. The molecule has 3 aliphatic carbocycles. The first kappa shape index (κ1) is 9.93. The second-order valence-corrected chi connectivity index (χ2v) is 6.96. The maximum atomic E-state index is 4.36. The molecule has 5 atom stereocenters. The van der Waals surface area contributed by atoms with Crippen LogP contribution < -0.4 is 0 Å². The van der Waals surface area contributed by atoms with Crippen LogP contribution in [0.1, 0.15) is 46.5 Å². The Labute approximate surface area is 94.1 Å². The molecule has 0 nitrogen and oxygen atoms in total. The van der Waals surface area contributed by atoms with Gasteiger partial charge in [0.05, 0.1) is 0 Å². The van der Waals surface area contributed by atoms with Crippen molar-refractivity contribution in [3.05, 3.63) is 12.2 Å². The van der Waals surface area contributed by atoms with Crippen molar-refractivity contribution in [2.24, 2.45) is 35.0 Å². The smallest absolute Gasteiger partial charge is 0.0139 e. The van der Waals surface area contributed by atoms with E-state index in [0.29, 0.717) is 5.41 Å². The molecule has 3 saturated carbocycles. The van der Waals surface area contributed by atoms with Gasteiger partial charge in [0.15, 0.2) is 0 Å². The van der Waals surface area contributed by atoms with Crippen LogP contribution in [0.2, 0.25) is 0 Å². The van der Waals surface area contributed by atoms with Crippen molar-refractivity contribution in [1.29, 1.82) is 0 Å². The average Bonchev–Trinajstić information content (AvgIpc) is 2.73. The van der Waals surface area contributed by atoms with Gasteiger partial charge >= 0.3 is 0 Å². The SMILES string of the molecule is C=C1CC[C@@H]2[C@H](C)[C@H]3CCC(C)(C)[C@H]3[C@H]12. The lowest BCUT2D eigenvalue weighted by molar-refractivity contribution is 0.193. The van der Waals surface area contributed by atoms with Crippen molar-refractivity contribution in [1.82, 2.24) is 0 Å². The molecule has 0 saturated heterocycles. The highest BCUT2D eigenvalue weighted by Gasteiger charge is 2.58. The van der Waals surface area contributed by atoms with Gasteiger partial charge in [0.2, 0.25) is 0 Å². The van der Waals surface area contributed by atoms with Crippen LogP contribution in [-0.2, 0) is 0 Å². The molecule has 3 fully saturated rings. The predicted octanol–water partition coefficient (Wildman–Crippen LogP) is 4.27. The molecule has 0 heteroatoms. The Morgan fingerprint density at radius 2 is 1.93 bits per heavy atom. The van der Waals surface area contributed by atoms with Gasteiger partial charge in [0.1, 0.15) is 0 Å². The Morgan fingerprint density at radius 1 is 1.20 bits per heavy atom. The van der Waals surface area contributed by atoms with Gasteiger partial charge in [-0.15, -0.1) is 0 Å². The molecule has 0 heterocycles. The van der Waals surface area contributed by atoms with Crippen molar-refractivity contribution in [2.45, 2.75) is 46.5 Å². The minimum Gasteiger partial charge on any atom is -0.0996 e. The summed E-state index contributed by atoms with van der Waals surface area (Å²) in [7, 11) is 0. The van der Waals surface area contributed by atoms with Crippen molar-refractivity contribution in [3.63, 3.8) is 0 Å². The van der Waals surface area contributed by atoms with Gasteiger partial charge < -0.3 is 0 Å². The molecular formula is C15H24. The summed E-state index contributed by atoms with van der Waals surface area (Å²) in [4.78, 5) is 0. The fourth-order valence-corrected chi connectivity index (χ4v) is 5.24. The van der Waals surface area contributed by atoms with E-state index in [4.69, 9.17) is 0 Å². The van der Waals surface area contributed by atoms with Crippen molar-refractivity contribution >= 4 is 0 Å². The third kappa shape index (κ3) is 1.14. The van der Waals surface area contributed by atoms with E-state index in [9.17, 15) is 0 Å². The Bertz CT molecular complexity index is 299. The third-order valence-corrected chi connectivity index (χ3v) is 5.95. The third-order valence-electron chi connectivity index (χ3n) is 5.95. The zero-order valence-electron chi connectivity index (χ0n) is 10.4. The summed E-state index contributed by atoms with van der Waals surface area (Å²) in [5.74, 6) is 4.84.